The lowest BCUT2D eigenvalue weighted by atomic mass is 9.99. The summed E-state index contributed by atoms with van der Waals surface area (Å²) in [5.41, 5.74) is 0.640. The highest BCUT2D eigenvalue weighted by Crippen LogP contribution is 2.30. The number of ether oxygens (including phenoxy) is 1. The molecule has 24 heavy (non-hydrogen) atoms. The zero-order valence-corrected chi connectivity index (χ0v) is 14.2. The van der Waals surface area contributed by atoms with Gasteiger partial charge >= 0.3 is 6.09 Å². The van der Waals surface area contributed by atoms with Crippen LogP contribution in [0.15, 0.2) is 30.5 Å². The molecule has 0 bridgehead atoms. The second kappa shape index (κ2) is 6.36. The Morgan fingerprint density at radius 1 is 1.38 bits per heavy atom. The van der Waals surface area contributed by atoms with Crippen molar-refractivity contribution >= 4 is 17.0 Å². The molecular weight excluding hydrogens is 309 g/mol. The number of fused-ring (bicyclic) bond motifs is 1. The first kappa shape index (κ1) is 16.6. The summed E-state index contributed by atoms with van der Waals surface area (Å²) in [5, 5.41) is 4.02. The van der Waals surface area contributed by atoms with Crippen LogP contribution < -0.4 is 5.32 Å². The van der Waals surface area contributed by atoms with Crippen molar-refractivity contribution < 1.29 is 13.9 Å². The Morgan fingerprint density at radius 3 is 2.92 bits per heavy atom. The summed E-state index contributed by atoms with van der Waals surface area (Å²) in [6.45, 7) is 7.37. The first-order valence-corrected chi connectivity index (χ1v) is 8.10. The minimum atomic E-state index is -0.557. The molecule has 128 valence electrons. The van der Waals surface area contributed by atoms with Crippen molar-refractivity contribution in [3.8, 4) is 0 Å². The fourth-order valence-electron chi connectivity index (χ4n) is 2.97. The van der Waals surface area contributed by atoms with E-state index in [2.05, 4.69) is 10.3 Å². The van der Waals surface area contributed by atoms with Crippen LogP contribution in [0.25, 0.3) is 10.9 Å². The normalized spacial score (nSPS) is 18.7. The first-order chi connectivity index (χ1) is 11.4. The first-order valence-electron chi connectivity index (χ1n) is 8.10. The van der Waals surface area contributed by atoms with Gasteiger partial charge in [0.15, 0.2) is 0 Å². The van der Waals surface area contributed by atoms with Crippen molar-refractivity contribution in [1.82, 2.24) is 15.2 Å². The average molecular weight is 331 g/mol. The molecule has 0 aliphatic carbocycles. The van der Waals surface area contributed by atoms with Gasteiger partial charge in [-0.05, 0) is 38.5 Å². The fraction of sp³-hybridized carbons (Fsp3) is 0.444. The number of piperazine rings is 1. The molecule has 1 aromatic heterocycles. The molecule has 1 saturated heterocycles. The topological polar surface area (TPSA) is 54.5 Å². The number of hydrogen-bond donors (Lipinski definition) is 1. The molecular formula is C18H22FN3O2. The lowest BCUT2D eigenvalue weighted by Crippen LogP contribution is -2.50. The van der Waals surface area contributed by atoms with Crippen LogP contribution >= 0.6 is 0 Å². The Kier molecular flexibility index (Phi) is 4.41. The van der Waals surface area contributed by atoms with Crippen molar-refractivity contribution in [3.63, 3.8) is 0 Å². The van der Waals surface area contributed by atoms with Gasteiger partial charge in [0.2, 0.25) is 0 Å². The number of pyridine rings is 1. The summed E-state index contributed by atoms with van der Waals surface area (Å²) in [4.78, 5) is 18.4. The molecule has 1 aliphatic rings. The van der Waals surface area contributed by atoms with Crippen LogP contribution in [0.2, 0.25) is 0 Å². The maximum atomic E-state index is 14.0. The summed E-state index contributed by atoms with van der Waals surface area (Å²) in [5.74, 6) is -0.359. The summed E-state index contributed by atoms with van der Waals surface area (Å²) >= 11 is 0. The van der Waals surface area contributed by atoms with E-state index in [1.54, 1.807) is 17.2 Å². The zero-order valence-electron chi connectivity index (χ0n) is 14.2. The number of carbonyl (C=O) groups excluding carboxylic acids is 1. The Morgan fingerprint density at radius 2 is 2.17 bits per heavy atom. The molecule has 2 aromatic rings. The largest absolute Gasteiger partial charge is 0.444 e. The standard InChI is InChI=1S/C18H22FN3O2/c1-18(2,3)24-17(23)22-10-9-20-11-15(22)12-7-8-21-16-13(12)5-4-6-14(16)19/h4-8,15,20H,9-11H2,1-3H3. The minimum absolute atomic E-state index is 0.221. The monoisotopic (exact) mass is 331 g/mol. The molecule has 3 rings (SSSR count). The predicted molar refractivity (Wildman–Crippen MR) is 90.3 cm³/mol. The number of benzene rings is 1. The number of nitrogens with zero attached hydrogens (tertiary/aromatic N) is 2. The predicted octanol–water partition coefficient (Wildman–Crippen LogP) is 3.26. The van der Waals surface area contributed by atoms with Crippen LogP contribution in [0.4, 0.5) is 9.18 Å². The highest BCUT2D eigenvalue weighted by molar-refractivity contribution is 5.83. The maximum absolute atomic E-state index is 14.0. The smallest absolute Gasteiger partial charge is 0.410 e. The second-order valence-electron chi connectivity index (χ2n) is 6.93. The fourth-order valence-corrected chi connectivity index (χ4v) is 2.97. The zero-order chi connectivity index (χ0) is 17.3. The molecule has 1 amide bonds. The van der Waals surface area contributed by atoms with Crippen molar-refractivity contribution in [2.45, 2.75) is 32.4 Å². The van der Waals surface area contributed by atoms with E-state index in [9.17, 15) is 9.18 Å². The van der Waals surface area contributed by atoms with Gasteiger partial charge in [-0.2, -0.15) is 0 Å². The van der Waals surface area contributed by atoms with E-state index in [0.717, 1.165) is 10.9 Å². The van der Waals surface area contributed by atoms with Gasteiger partial charge in [-0.1, -0.05) is 12.1 Å². The highest BCUT2D eigenvalue weighted by Gasteiger charge is 2.32. The Bertz CT molecular complexity index is 758. The van der Waals surface area contributed by atoms with E-state index in [1.807, 2.05) is 32.9 Å². The van der Waals surface area contributed by atoms with E-state index in [-0.39, 0.29) is 18.0 Å². The Hall–Kier alpha value is -2.21. The van der Waals surface area contributed by atoms with E-state index < -0.39 is 5.60 Å². The number of aromatic nitrogens is 1. The molecule has 2 heterocycles. The lowest BCUT2D eigenvalue weighted by molar-refractivity contribution is 0.0119. The Labute approximate surface area is 140 Å². The van der Waals surface area contributed by atoms with Crippen molar-refractivity contribution in [2.24, 2.45) is 0 Å². The van der Waals surface area contributed by atoms with Gasteiger partial charge in [-0.15, -0.1) is 0 Å². The van der Waals surface area contributed by atoms with Gasteiger partial charge in [0.1, 0.15) is 16.9 Å². The van der Waals surface area contributed by atoms with Gasteiger partial charge in [-0.3, -0.25) is 9.88 Å². The van der Waals surface area contributed by atoms with Crippen molar-refractivity contribution in [3.05, 3.63) is 41.8 Å². The summed E-state index contributed by atoms with van der Waals surface area (Å²) in [6.07, 6.45) is 1.23. The molecule has 1 aliphatic heterocycles. The molecule has 0 radical (unpaired) electrons. The van der Waals surface area contributed by atoms with Gasteiger partial charge in [0.25, 0.3) is 0 Å². The van der Waals surface area contributed by atoms with Gasteiger partial charge in [0, 0.05) is 31.2 Å². The van der Waals surface area contributed by atoms with Crippen molar-refractivity contribution in [1.29, 1.82) is 0 Å². The molecule has 1 atom stereocenters. The van der Waals surface area contributed by atoms with Crippen LogP contribution in [-0.4, -0.2) is 41.2 Å². The molecule has 1 aromatic carbocycles. The van der Waals surface area contributed by atoms with Crippen LogP contribution in [0.3, 0.4) is 0 Å². The molecule has 6 heteroatoms. The quantitative estimate of drug-likeness (QED) is 0.871. The molecule has 1 N–H and O–H groups in total. The van der Waals surface area contributed by atoms with E-state index in [4.69, 9.17) is 4.74 Å². The summed E-state index contributed by atoms with van der Waals surface area (Å²) in [6, 6.07) is 6.51. The van der Waals surface area contributed by atoms with Crippen LogP contribution in [0, 0.1) is 5.82 Å². The second-order valence-corrected chi connectivity index (χ2v) is 6.93. The van der Waals surface area contributed by atoms with Crippen LogP contribution in [-0.2, 0) is 4.74 Å². The van der Waals surface area contributed by atoms with Gasteiger partial charge < -0.3 is 10.1 Å². The van der Waals surface area contributed by atoms with Gasteiger partial charge in [-0.25, -0.2) is 9.18 Å². The highest BCUT2D eigenvalue weighted by atomic mass is 19.1. The molecule has 1 unspecified atom stereocenters. The summed E-state index contributed by atoms with van der Waals surface area (Å²) < 4.78 is 19.6. The maximum Gasteiger partial charge on any atom is 0.410 e. The molecule has 1 fully saturated rings. The van der Waals surface area contributed by atoms with Gasteiger partial charge in [0.05, 0.1) is 6.04 Å². The van der Waals surface area contributed by atoms with Crippen molar-refractivity contribution in [2.75, 3.05) is 19.6 Å². The molecule has 5 nitrogen and oxygen atoms in total. The number of carbonyl (C=O) groups is 1. The molecule has 0 spiro atoms. The van der Waals surface area contributed by atoms with E-state index >= 15 is 0 Å². The third kappa shape index (κ3) is 3.33. The minimum Gasteiger partial charge on any atom is -0.444 e. The van der Waals surface area contributed by atoms with Crippen LogP contribution in [0.1, 0.15) is 32.4 Å². The SMILES string of the molecule is CC(C)(C)OC(=O)N1CCNCC1c1ccnc2c(F)cccc12. The number of halogens is 1. The number of amides is 1. The number of nitrogens with one attached hydrogen (secondary N) is 1. The van der Waals surface area contributed by atoms with E-state index in [1.165, 1.54) is 6.07 Å². The number of hydrogen-bond acceptors (Lipinski definition) is 4. The third-order valence-corrected chi connectivity index (χ3v) is 3.99. The molecule has 0 saturated carbocycles. The van der Waals surface area contributed by atoms with Crippen LogP contribution in [0.5, 0.6) is 0 Å². The third-order valence-electron chi connectivity index (χ3n) is 3.99. The van der Waals surface area contributed by atoms with E-state index in [0.29, 0.717) is 25.2 Å². The summed E-state index contributed by atoms with van der Waals surface area (Å²) in [7, 11) is 0. The average Bonchev–Trinajstić information content (AvgIpc) is 2.53. The number of para-hydroxylation sites is 1. The number of rotatable bonds is 1. The Balaban J connectivity index is 2.00. The lowest BCUT2D eigenvalue weighted by Gasteiger charge is -2.37.